The molecule has 1 aliphatic heterocycles. The molecule has 1 saturated heterocycles. The summed E-state index contributed by atoms with van der Waals surface area (Å²) in [6.07, 6.45) is 1.58. The molecule has 3 aromatic rings. The molecule has 0 saturated carbocycles. The third kappa shape index (κ3) is 4.53. The van der Waals surface area contributed by atoms with Crippen LogP contribution in [0.3, 0.4) is 0 Å². The molecule has 0 spiro atoms. The normalized spacial score (nSPS) is 15.5. The lowest BCUT2D eigenvalue weighted by atomic mass is 10.0. The zero-order valence-corrected chi connectivity index (χ0v) is 17.0. The molecule has 7 heteroatoms. The van der Waals surface area contributed by atoms with Crippen LogP contribution in [0.5, 0.6) is 5.75 Å². The van der Waals surface area contributed by atoms with Crippen molar-refractivity contribution in [1.82, 2.24) is 20.4 Å². The maximum absolute atomic E-state index is 13.0. The standard InChI is InChI=1S/C23H26N4O3/c1-29-19-9-7-17(8-10-19)21(27-11-13-30-14-12-27)16-24-23(28)20-15-25-26-22(20)18-5-3-2-4-6-18/h2-10,15,21H,11-14,16H2,1H3,(H,24,28)(H,25,26). The number of morpholine rings is 1. The van der Waals surface area contributed by atoms with Crippen molar-refractivity contribution in [1.29, 1.82) is 0 Å². The number of H-pyrrole nitrogens is 1. The Morgan fingerprint density at radius 2 is 1.90 bits per heavy atom. The fraction of sp³-hybridized carbons (Fsp3) is 0.304. The maximum Gasteiger partial charge on any atom is 0.255 e. The van der Waals surface area contributed by atoms with Crippen LogP contribution in [0, 0.1) is 0 Å². The molecule has 1 aliphatic rings. The molecule has 7 nitrogen and oxygen atoms in total. The number of nitrogens with zero attached hydrogens (tertiary/aromatic N) is 2. The summed E-state index contributed by atoms with van der Waals surface area (Å²) < 4.78 is 10.8. The van der Waals surface area contributed by atoms with Gasteiger partial charge < -0.3 is 14.8 Å². The summed E-state index contributed by atoms with van der Waals surface area (Å²) in [6, 6.07) is 17.8. The first kappa shape index (κ1) is 20.1. The summed E-state index contributed by atoms with van der Waals surface area (Å²) in [5.74, 6) is 0.670. The van der Waals surface area contributed by atoms with Gasteiger partial charge in [0.05, 0.1) is 43.8 Å². The van der Waals surface area contributed by atoms with E-state index >= 15 is 0 Å². The maximum atomic E-state index is 13.0. The van der Waals surface area contributed by atoms with Crippen LogP contribution in [0.15, 0.2) is 60.8 Å². The summed E-state index contributed by atoms with van der Waals surface area (Å²) in [5, 5.41) is 10.1. The number of benzene rings is 2. The fourth-order valence-electron chi connectivity index (χ4n) is 3.74. The molecule has 30 heavy (non-hydrogen) atoms. The van der Waals surface area contributed by atoms with Gasteiger partial charge in [-0.2, -0.15) is 5.10 Å². The second kappa shape index (κ2) is 9.56. The molecule has 2 N–H and O–H groups in total. The van der Waals surface area contributed by atoms with Gasteiger partial charge in [-0.3, -0.25) is 14.8 Å². The number of rotatable bonds is 7. The average molecular weight is 406 g/mol. The molecular weight excluding hydrogens is 380 g/mol. The van der Waals surface area contributed by atoms with E-state index in [2.05, 4.69) is 32.5 Å². The van der Waals surface area contributed by atoms with E-state index in [-0.39, 0.29) is 11.9 Å². The molecule has 0 aliphatic carbocycles. The van der Waals surface area contributed by atoms with Gasteiger partial charge in [-0.1, -0.05) is 42.5 Å². The van der Waals surface area contributed by atoms with Gasteiger partial charge in [0, 0.05) is 25.2 Å². The third-order valence-corrected chi connectivity index (χ3v) is 5.39. The summed E-state index contributed by atoms with van der Waals surface area (Å²) in [6.45, 7) is 3.53. The minimum Gasteiger partial charge on any atom is -0.497 e. The predicted octanol–water partition coefficient (Wildman–Crippen LogP) is 2.89. The highest BCUT2D eigenvalue weighted by molar-refractivity contribution is 5.99. The first-order valence-corrected chi connectivity index (χ1v) is 10.1. The highest BCUT2D eigenvalue weighted by Gasteiger charge is 2.24. The molecule has 0 bridgehead atoms. The topological polar surface area (TPSA) is 79.5 Å². The second-order valence-electron chi connectivity index (χ2n) is 7.17. The van der Waals surface area contributed by atoms with Crippen LogP contribution in [-0.4, -0.2) is 61.0 Å². The molecule has 1 amide bonds. The van der Waals surface area contributed by atoms with Gasteiger partial charge in [0.1, 0.15) is 5.75 Å². The lowest BCUT2D eigenvalue weighted by Crippen LogP contribution is -2.43. The SMILES string of the molecule is COc1ccc(C(CNC(=O)c2cn[nH]c2-c2ccccc2)N2CCOCC2)cc1. The molecule has 2 aromatic carbocycles. The fourth-order valence-corrected chi connectivity index (χ4v) is 3.74. The monoisotopic (exact) mass is 406 g/mol. The van der Waals surface area contributed by atoms with Crippen molar-refractivity contribution < 1.29 is 14.3 Å². The zero-order chi connectivity index (χ0) is 20.8. The van der Waals surface area contributed by atoms with Gasteiger partial charge in [-0.15, -0.1) is 0 Å². The van der Waals surface area contributed by atoms with E-state index < -0.39 is 0 Å². The first-order chi connectivity index (χ1) is 14.8. The quantitative estimate of drug-likeness (QED) is 0.631. The number of aromatic amines is 1. The van der Waals surface area contributed by atoms with Gasteiger partial charge in [-0.05, 0) is 17.7 Å². The Morgan fingerprint density at radius 1 is 1.17 bits per heavy atom. The molecule has 1 unspecified atom stereocenters. The van der Waals surface area contributed by atoms with Crippen molar-refractivity contribution in [3.05, 3.63) is 71.9 Å². The largest absolute Gasteiger partial charge is 0.497 e. The average Bonchev–Trinajstić information content (AvgIpc) is 3.31. The Labute approximate surface area is 176 Å². The molecule has 1 atom stereocenters. The number of ether oxygens (including phenoxy) is 2. The highest BCUT2D eigenvalue weighted by atomic mass is 16.5. The Kier molecular flexibility index (Phi) is 6.41. The van der Waals surface area contributed by atoms with Crippen LogP contribution in [0.2, 0.25) is 0 Å². The molecule has 1 fully saturated rings. The van der Waals surface area contributed by atoms with E-state index in [0.717, 1.165) is 35.7 Å². The van der Waals surface area contributed by atoms with E-state index in [1.165, 1.54) is 0 Å². The number of hydrogen-bond acceptors (Lipinski definition) is 5. The van der Waals surface area contributed by atoms with Crippen LogP contribution >= 0.6 is 0 Å². The first-order valence-electron chi connectivity index (χ1n) is 10.1. The van der Waals surface area contributed by atoms with Crippen molar-refractivity contribution >= 4 is 5.91 Å². The van der Waals surface area contributed by atoms with Gasteiger partial charge in [0.2, 0.25) is 0 Å². The van der Waals surface area contributed by atoms with Crippen LogP contribution < -0.4 is 10.1 Å². The van der Waals surface area contributed by atoms with Crippen LogP contribution in [-0.2, 0) is 4.74 Å². The summed E-state index contributed by atoms with van der Waals surface area (Å²) >= 11 is 0. The number of aromatic nitrogens is 2. The van der Waals surface area contributed by atoms with Gasteiger partial charge in [0.15, 0.2) is 0 Å². The van der Waals surface area contributed by atoms with Gasteiger partial charge >= 0.3 is 0 Å². The van der Waals surface area contributed by atoms with Crippen molar-refractivity contribution in [2.45, 2.75) is 6.04 Å². The Hall–Kier alpha value is -3.16. The minimum absolute atomic E-state index is 0.0517. The smallest absolute Gasteiger partial charge is 0.255 e. The number of hydrogen-bond donors (Lipinski definition) is 2. The number of methoxy groups -OCH3 is 1. The minimum atomic E-state index is -0.144. The Balaban J connectivity index is 1.51. The summed E-state index contributed by atoms with van der Waals surface area (Å²) in [4.78, 5) is 15.3. The second-order valence-corrected chi connectivity index (χ2v) is 7.17. The molecular formula is C23H26N4O3. The van der Waals surface area contributed by atoms with Gasteiger partial charge in [-0.25, -0.2) is 0 Å². The third-order valence-electron chi connectivity index (χ3n) is 5.39. The van der Waals surface area contributed by atoms with E-state index in [1.54, 1.807) is 13.3 Å². The van der Waals surface area contributed by atoms with E-state index in [1.807, 2.05) is 42.5 Å². The number of nitrogens with one attached hydrogen (secondary N) is 2. The molecule has 1 aromatic heterocycles. The van der Waals surface area contributed by atoms with Crippen molar-refractivity contribution in [2.75, 3.05) is 40.0 Å². The predicted molar refractivity (Wildman–Crippen MR) is 114 cm³/mol. The summed E-state index contributed by atoms with van der Waals surface area (Å²) in [7, 11) is 1.66. The van der Waals surface area contributed by atoms with E-state index in [4.69, 9.17) is 9.47 Å². The highest BCUT2D eigenvalue weighted by Crippen LogP contribution is 2.25. The van der Waals surface area contributed by atoms with Crippen molar-refractivity contribution in [3.63, 3.8) is 0 Å². The number of carbonyl (C=O) groups is 1. The Morgan fingerprint density at radius 3 is 2.60 bits per heavy atom. The Bertz CT molecular complexity index is 950. The molecule has 0 radical (unpaired) electrons. The lowest BCUT2D eigenvalue weighted by Gasteiger charge is -2.35. The number of amides is 1. The number of carbonyl (C=O) groups excluding carboxylic acids is 1. The van der Waals surface area contributed by atoms with Crippen LogP contribution in [0.4, 0.5) is 0 Å². The lowest BCUT2D eigenvalue weighted by molar-refractivity contribution is 0.0162. The van der Waals surface area contributed by atoms with Crippen molar-refractivity contribution in [2.24, 2.45) is 0 Å². The van der Waals surface area contributed by atoms with Crippen molar-refractivity contribution in [3.8, 4) is 17.0 Å². The molecule has 4 rings (SSSR count). The van der Waals surface area contributed by atoms with E-state index in [9.17, 15) is 4.79 Å². The summed E-state index contributed by atoms with van der Waals surface area (Å²) in [5.41, 5.74) is 3.32. The van der Waals surface area contributed by atoms with Crippen LogP contribution in [0.25, 0.3) is 11.3 Å². The molecule has 2 heterocycles. The zero-order valence-electron chi connectivity index (χ0n) is 17.0. The van der Waals surface area contributed by atoms with Crippen LogP contribution in [0.1, 0.15) is 22.0 Å². The van der Waals surface area contributed by atoms with E-state index in [0.29, 0.717) is 25.3 Å². The van der Waals surface area contributed by atoms with Gasteiger partial charge in [0.25, 0.3) is 5.91 Å². The molecule has 156 valence electrons.